The Kier molecular flexibility index (Phi) is 3.40. The van der Waals surface area contributed by atoms with Crippen LogP contribution in [0.3, 0.4) is 0 Å². The number of carbonyl (C=O) groups excluding carboxylic acids is 1. The molecule has 0 spiro atoms. The Morgan fingerprint density at radius 1 is 1.77 bits per heavy atom. The van der Waals surface area contributed by atoms with Crippen molar-refractivity contribution in [3.63, 3.8) is 0 Å². The summed E-state index contributed by atoms with van der Waals surface area (Å²) in [6.07, 6.45) is 2.29. The second-order valence-electron chi connectivity index (χ2n) is 2.85. The molecule has 1 aromatic rings. The lowest BCUT2D eigenvalue weighted by molar-refractivity contribution is -0.105. The van der Waals surface area contributed by atoms with Crippen LogP contribution in [0, 0.1) is 0 Å². The highest BCUT2D eigenvalue weighted by Crippen LogP contribution is 2.08. The molecule has 1 heterocycles. The zero-order chi connectivity index (χ0) is 9.68. The van der Waals surface area contributed by atoms with E-state index < -0.39 is 6.10 Å². The molecule has 1 amide bonds. The van der Waals surface area contributed by atoms with E-state index in [0.29, 0.717) is 18.5 Å². The molecule has 0 aromatic carbocycles. The molecule has 4 nitrogen and oxygen atoms in total. The van der Waals surface area contributed by atoms with E-state index in [1.165, 1.54) is 0 Å². The molecule has 1 unspecified atom stereocenters. The lowest BCUT2D eigenvalue weighted by atomic mass is 10.2. The average molecular weight is 180 g/mol. The molecule has 13 heavy (non-hydrogen) atoms. The van der Waals surface area contributed by atoms with Crippen LogP contribution in [0.1, 0.15) is 12.6 Å². The van der Waals surface area contributed by atoms with Crippen LogP contribution in [-0.4, -0.2) is 22.6 Å². The first-order valence-electron chi connectivity index (χ1n) is 4.05. The van der Waals surface area contributed by atoms with Gasteiger partial charge in [-0.2, -0.15) is 0 Å². The van der Waals surface area contributed by atoms with Crippen molar-refractivity contribution in [2.24, 2.45) is 0 Å². The Morgan fingerprint density at radius 3 is 3.15 bits per heavy atom. The standard InChI is InChI=1S/C9H12N2O2/c1-7(13)4-9-5-8(11-6-12)2-3-10-9/h2-3,5-7,13H,4H2,1H3,(H,10,11,12). The zero-order valence-corrected chi connectivity index (χ0v) is 7.40. The molecule has 4 heteroatoms. The van der Waals surface area contributed by atoms with Crippen molar-refractivity contribution >= 4 is 12.1 Å². The topological polar surface area (TPSA) is 62.2 Å². The smallest absolute Gasteiger partial charge is 0.211 e. The predicted molar refractivity (Wildman–Crippen MR) is 49.3 cm³/mol. The number of nitrogens with zero attached hydrogens (tertiary/aromatic N) is 1. The number of aliphatic hydroxyl groups excluding tert-OH is 1. The molecule has 1 aromatic heterocycles. The maximum absolute atomic E-state index is 10.1. The number of aliphatic hydroxyl groups is 1. The lowest BCUT2D eigenvalue weighted by Crippen LogP contribution is -2.06. The number of aromatic nitrogens is 1. The number of pyridine rings is 1. The molecule has 2 N–H and O–H groups in total. The highest BCUT2D eigenvalue weighted by molar-refractivity contribution is 5.70. The summed E-state index contributed by atoms with van der Waals surface area (Å²) in [6.45, 7) is 1.70. The first-order valence-corrected chi connectivity index (χ1v) is 4.05. The number of hydrogen-bond donors (Lipinski definition) is 2. The van der Waals surface area contributed by atoms with Gasteiger partial charge in [0.15, 0.2) is 0 Å². The molecule has 1 rings (SSSR count). The SMILES string of the molecule is CC(O)Cc1cc(NC=O)ccn1. The molecule has 0 saturated carbocycles. The second kappa shape index (κ2) is 4.57. The molecule has 0 aliphatic heterocycles. The minimum atomic E-state index is -0.418. The Labute approximate surface area is 76.6 Å². The van der Waals surface area contributed by atoms with Crippen molar-refractivity contribution in [1.29, 1.82) is 0 Å². The normalized spacial score (nSPS) is 12.2. The number of nitrogens with one attached hydrogen (secondary N) is 1. The molecule has 70 valence electrons. The lowest BCUT2D eigenvalue weighted by Gasteiger charge is -2.04. The van der Waals surface area contributed by atoms with Gasteiger partial charge in [0, 0.05) is 24.0 Å². The highest BCUT2D eigenvalue weighted by Gasteiger charge is 2.00. The molecular formula is C9H12N2O2. The van der Waals surface area contributed by atoms with Crippen LogP contribution in [0.5, 0.6) is 0 Å². The van der Waals surface area contributed by atoms with Crippen LogP contribution < -0.4 is 5.32 Å². The van der Waals surface area contributed by atoms with E-state index in [0.717, 1.165) is 5.69 Å². The van der Waals surface area contributed by atoms with Gasteiger partial charge < -0.3 is 10.4 Å². The third kappa shape index (κ3) is 3.21. The van der Waals surface area contributed by atoms with Gasteiger partial charge in [0.2, 0.25) is 6.41 Å². The Hall–Kier alpha value is -1.42. The van der Waals surface area contributed by atoms with Crippen LogP contribution in [0.15, 0.2) is 18.3 Å². The van der Waals surface area contributed by atoms with Crippen molar-refractivity contribution < 1.29 is 9.90 Å². The minimum absolute atomic E-state index is 0.418. The van der Waals surface area contributed by atoms with E-state index in [9.17, 15) is 4.79 Å². The number of hydrogen-bond acceptors (Lipinski definition) is 3. The summed E-state index contributed by atoms with van der Waals surface area (Å²) < 4.78 is 0. The molecule has 0 aliphatic rings. The summed E-state index contributed by atoms with van der Waals surface area (Å²) in [7, 11) is 0. The Morgan fingerprint density at radius 2 is 2.54 bits per heavy atom. The van der Waals surface area contributed by atoms with E-state index in [2.05, 4.69) is 10.3 Å². The predicted octanol–water partition coefficient (Wildman–Crippen LogP) is 0.573. The molecule has 1 atom stereocenters. The quantitative estimate of drug-likeness (QED) is 0.666. The van der Waals surface area contributed by atoms with Crippen LogP contribution in [0.25, 0.3) is 0 Å². The average Bonchev–Trinajstić information content (AvgIpc) is 2.04. The number of anilines is 1. The summed E-state index contributed by atoms with van der Waals surface area (Å²) >= 11 is 0. The first-order chi connectivity index (χ1) is 6.22. The van der Waals surface area contributed by atoms with Gasteiger partial charge in [0.1, 0.15) is 0 Å². The summed E-state index contributed by atoms with van der Waals surface area (Å²) in [4.78, 5) is 14.2. The van der Waals surface area contributed by atoms with Crippen molar-refractivity contribution in [2.45, 2.75) is 19.4 Å². The largest absolute Gasteiger partial charge is 0.393 e. The molecule has 0 radical (unpaired) electrons. The fourth-order valence-corrected chi connectivity index (χ4v) is 1.05. The monoisotopic (exact) mass is 180 g/mol. The third-order valence-corrected chi connectivity index (χ3v) is 1.55. The van der Waals surface area contributed by atoms with Crippen LogP contribution in [0.4, 0.5) is 5.69 Å². The van der Waals surface area contributed by atoms with Gasteiger partial charge >= 0.3 is 0 Å². The van der Waals surface area contributed by atoms with Gasteiger partial charge in [0.05, 0.1) is 6.10 Å². The maximum Gasteiger partial charge on any atom is 0.211 e. The van der Waals surface area contributed by atoms with E-state index in [4.69, 9.17) is 5.11 Å². The number of carbonyl (C=O) groups is 1. The van der Waals surface area contributed by atoms with E-state index in [1.54, 1.807) is 25.3 Å². The Bertz CT molecular complexity index is 287. The number of rotatable bonds is 4. The van der Waals surface area contributed by atoms with Crippen LogP contribution >= 0.6 is 0 Å². The van der Waals surface area contributed by atoms with E-state index in [-0.39, 0.29) is 0 Å². The van der Waals surface area contributed by atoms with Gasteiger partial charge in [-0.3, -0.25) is 9.78 Å². The van der Waals surface area contributed by atoms with Crippen LogP contribution in [0.2, 0.25) is 0 Å². The van der Waals surface area contributed by atoms with Crippen molar-refractivity contribution in [3.8, 4) is 0 Å². The van der Waals surface area contributed by atoms with Gasteiger partial charge in [-0.25, -0.2) is 0 Å². The summed E-state index contributed by atoms with van der Waals surface area (Å²) in [5.41, 5.74) is 1.46. The van der Waals surface area contributed by atoms with Gasteiger partial charge in [0.25, 0.3) is 0 Å². The third-order valence-electron chi connectivity index (χ3n) is 1.55. The Balaban J connectivity index is 2.72. The molecule has 0 aliphatic carbocycles. The zero-order valence-electron chi connectivity index (χ0n) is 7.40. The van der Waals surface area contributed by atoms with Crippen molar-refractivity contribution in [1.82, 2.24) is 4.98 Å². The fraction of sp³-hybridized carbons (Fsp3) is 0.333. The summed E-state index contributed by atoms with van der Waals surface area (Å²) in [5, 5.41) is 11.6. The van der Waals surface area contributed by atoms with Crippen molar-refractivity contribution in [2.75, 3.05) is 5.32 Å². The molecular weight excluding hydrogens is 168 g/mol. The summed E-state index contributed by atoms with van der Waals surface area (Å²) in [6, 6.07) is 3.43. The number of amides is 1. The second-order valence-corrected chi connectivity index (χ2v) is 2.85. The molecule has 0 fully saturated rings. The molecule has 0 bridgehead atoms. The minimum Gasteiger partial charge on any atom is -0.393 e. The summed E-state index contributed by atoms with van der Waals surface area (Å²) in [5.74, 6) is 0. The fourth-order valence-electron chi connectivity index (χ4n) is 1.05. The molecule has 0 saturated heterocycles. The van der Waals surface area contributed by atoms with E-state index in [1.807, 2.05) is 0 Å². The maximum atomic E-state index is 10.1. The van der Waals surface area contributed by atoms with Gasteiger partial charge in [-0.15, -0.1) is 0 Å². The van der Waals surface area contributed by atoms with Crippen molar-refractivity contribution in [3.05, 3.63) is 24.0 Å². The highest BCUT2D eigenvalue weighted by atomic mass is 16.3. The first kappa shape index (κ1) is 9.67. The van der Waals surface area contributed by atoms with Gasteiger partial charge in [-0.1, -0.05) is 0 Å². The van der Waals surface area contributed by atoms with E-state index >= 15 is 0 Å². The van der Waals surface area contributed by atoms with Gasteiger partial charge in [-0.05, 0) is 19.1 Å². The van der Waals surface area contributed by atoms with Crippen LogP contribution in [-0.2, 0) is 11.2 Å².